The lowest BCUT2D eigenvalue weighted by Crippen LogP contribution is -2.47. The number of rotatable bonds is 5. The highest BCUT2D eigenvalue weighted by Crippen LogP contribution is 2.23. The van der Waals surface area contributed by atoms with E-state index in [-0.39, 0.29) is 29.3 Å². The topological polar surface area (TPSA) is 84.9 Å². The Balaban J connectivity index is 2.21. The summed E-state index contributed by atoms with van der Waals surface area (Å²) in [5, 5.41) is 2.74. The molecule has 1 fully saturated rings. The van der Waals surface area contributed by atoms with Crippen LogP contribution in [0, 0.1) is 0 Å². The average Bonchev–Trinajstić information content (AvgIpc) is 2.63. The number of piperidine rings is 1. The molecule has 2 atom stereocenters. The summed E-state index contributed by atoms with van der Waals surface area (Å²) >= 11 is 0. The Hall–Kier alpha value is -2.41. The van der Waals surface area contributed by atoms with Gasteiger partial charge in [-0.15, -0.1) is 0 Å². The fourth-order valence-electron chi connectivity index (χ4n) is 3.32. The summed E-state index contributed by atoms with van der Waals surface area (Å²) in [4.78, 5) is 38.4. The molecule has 0 bridgehead atoms. The van der Waals surface area contributed by atoms with E-state index in [0.717, 1.165) is 19.3 Å². The Bertz CT molecular complexity index is 679. The van der Waals surface area contributed by atoms with E-state index < -0.39 is 11.9 Å². The third-order valence-corrected chi connectivity index (χ3v) is 4.82. The monoisotopic (exact) mass is 362 g/mol. The van der Waals surface area contributed by atoms with Crippen molar-refractivity contribution >= 4 is 23.5 Å². The van der Waals surface area contributed by atoms with E-state index in [1.807, 2.05) is 0 Å². The van der Waals surface area contributed by atoms with Crippen LogP contribution in [0.3, 0.4) is 0 Å². The van der Waals surface area contributed by atoms with E-state index >= 15 is 0 Å². The first-order valence-electron chi connectivity index (χ1n) is 8.73. The molecule has 1 saturated heterocycles. The summed E-state index contributed by atoms with van der Waals surface area (Å²) in [7, 11) is 2.53. The normalized spacial score (nSPS) is 20.3. The number of hydrogen-bond donors (Lipinski definition) is 1. The molecule has 1 aromatic rings. The minimum atomic E-state index is -0.587. The lowest BCUT2D eigenvalue weighted by Gasteiger charge is -2.38. The fourth-order valence-corrected chi connectivity index (χ4v) is 3.32. The molecule has 1 amide bonds. The maximum Gasteiger partial charge on any atom is 0.339 e. The van der Waals surface area contributed by atoms with Crippen molar-refractivity contribution in [2.75, 3.05) is 26.1 Å². The second kappa shape index (κ2) is 8.80. The second-order valence-electron chi connectivity index (χ2n) is 6.59. The van der Waals surface area contributed by atoms with Crippen LogP contribution in [0.15, 0.2) is 18.2 Å². The molecule has 1 aliphatic heterocycles. The molecule has 1 aliphatic rings. The molecule has 1 aromatic carbocycles. The predicted molar refractivity (Wildman–Crippen MR) is 97.2 cm³/mol. The molecule has 7 heteroatoms. The highest BCUT2D eigenvalue weighted by atomic mass is 16.5. The zero-order valence-electron chi connectivity index (χ0n) is 15.7. The first-order chi connectivity index (χ1) is 12.4. The zero-order valence-corrected chi connectivity index (χ0v) is 15.7. The lowest BCUT2D eigenvalue weighted by molar-refractivity contribution is -0.118. The summed E-state index contributed by atoms with van der Waals surface area (Å²) < 4.78 is 9.45. The predicted octanol–water partition coefficient (Wildman–Crippen LogP) is 2.46. The quantitative estimate of drug-likeness (QED) is 0.810. The van der Waals surface area contributed by atoms with Crippen molar-refractivity contribution in [3.8, 4) is 0 Å². The molecular formula is C19H26N2O5. The average molecular weight is 362 g/mol. The van der Waals surface area contributed by atoms with Gasteiger partial charge in [0.1, 0.15) is 0 Å². The van der Waals surface area contributed by atoms with Gasteiger partial charge in [-0.05, 0) is 44.9 Å². The first-order valence-corrected chi connectivity index (χ1v) is 8.73. The standard InChI is InChI=1S/C19H26N2O5/c1-12-6-5-7-13(2)21(12)11-17(22)20-16-10-14(18(23)25-3)8-9-15(16)19(24)26-4/h8-10,12-13H,5-7,11H2,1-4H3,(H,20,22). The van der Waals surface area contributed by atoms with Gasteiger partial charge in [0.2, 0.25) is 5.91 Å². The summed E-state index contributed by atoms with van der Waals surface area (Å²) in [6, 6.07) is 4.98. The number of anilines is 1. The molecule has 0 spiro atoms. The van der Waals surface area contributed by atoms with Gasteiger partial charge in [-0.25, -0.2) is 9.59 Å². The molecule has 0 radical (unpaired) electrons. The van der Waals surface area contributed by atoms with Gasteiger partial charge in [0, 0.05) is 12.1 Å². The van der Waals surface area contributed by atoms with Crippen molar-refractivity contribution in [3.63, 3.8) is 0 Å². The first kappa shape index (κ1) is 19.9. The van der Waals surface area contributed by atoms with E-state index in [1.165, 1.54) is 32.4 Å². The van der Waals surface area contributed by atoms with Crippen LogP contribution in [0.2, 0.25) is 0 Å². The number of ether oxygens (including phenoxy) is 2. The number of nitrogens with one attached hydrogen (secondary N) is 1. The smallest absolute Gasteiger partial charge is 0.339 e. The zero-order chi connectivity index (χ0) is 19.3. The molecule has 2 rings (SSSR count). The van der Waals surface area contributed by atoms with Gasteiger partial charge in [0.05, 0.1) is 37.6 Å². The third kappa shape index (κ3) is 4.60. The number of carbonyl (C=O) groups is 3. The van der Waals surface area contributed by atoms with Crippen molar-refractivity contribution in [2.24, 2.45) is 0 Å². The van der Waals surface area contributed by atoms with Gasteiger partial charge in [-0.2, -0.15) is 0 Å². The van der Waals surface area contributed by atoms with Crippen LogP contribution in [0.1, 0.15) is 53.8 Å². The number of hydrogen-bond acceptors (Lipinski definition) is 6. The number of benzene rings is 1. The molecule has 2 unspecified atom stereocenters. The third-order valence-electron chi connectivity index (χ3n) is 4.82. The van der Waals surface area contributed by atoms with Gasteiger partial charge in [-0.3, -0.25) is 9.69 Å². The molecule has 0 aliphatic carbocycles. The Kier molecular flexibility index (Phi) is 6.74. The van der Waals surface area contributed by atoms with Crippen LogP contribution in [-0.2, 0) is 14.3 Å². The molecule has 7 nitrogen and oxygen atoms in total. The van der Waals surface area contributed by atoms with E-state index in [1.54, 1.807) is 0 Å². The van der Waals surface area contributed by atoms with Crippen molar-refractivity contribution < 1.29 is 23.9 Å². The number of esters is 2. The van der Waals surface area contributed by atoms with Gasteiger partial charge in [0.25, 0.3) is 0 Å². The number of likely N-dealkylation sites (tertiary alicyclic amines) is 1. The van der Waals surface area contributed by atoms with Crippen molar-refractivity contribution in [1.29, 1.82) is 0 Å². The maximum absolute atomic E-state index is 12.6. The van der Waals surface area contributed by atoms with E-state index in [4.69, 9.17) is 9.47 Å². The van der Waals surface area contributed by atoms with Crippen LogP contribution in [0.25, 0.3) is 0 Å². The number of amides is 1. The Labute approximate surface area is 153 Å². The molecule has 0 aromatic heterocycles. The van der Waals surface area contributed by atoms with Crippen LogP contribution >= 0.6 is 0 Å². The van der Waals surface area contributed by atoms with Crippen molar-refractivity contribution in [1.82, 2.24) is 4.90 Å². The van der Waals surface area contributed by atoms with Gasteiger partial charge in [0.15, 0.2) is 0 Å². The Morgan fingerprint density at radius 3 is 2.27 bits per heavy atom. The van der Waals surface area contributed by atoms with Crippen LogP contribution in [0.5, 0.6) is 0 Å². The van der Waals surface area contributed by atoms with E-state index in [9.17, 15) is 14.4 Å². The summed E-state index contributed by atoms with van der Waals surface area (Å²) in [6.07, 6.45) is 3.28. The van der Waals surface area contributed by atoms with E-state index in [2.05, 4.69) is 24.1 Å². The summed E-state index contributed by atoms with van der Waals surface area (Å²) in [6.45, 7) is 4.45. The highest BCUT2D eigenvalue weighted by Gasteiger charge is 2.27. The Morgan fingerprint density at radius 2 is 1.69 bits per heavy atom. The van der Waals surface area contributed by atoms with E-state index in [0.29, 0.717) is 12.1 Å². The fraction of sp³-hybridized carbons (Fsp3) is 0.526. The lowest BCUT2D eigenvalue weighted by atomic mass is 9.97. The Morgan fingerprint density at radius 1 is 1.08 bits per heavy atom. The SMILES string of the molecule is COC(=O)c1ccc(C(=O)OC)c(NC(=O)CN2C(C)CCCC2C)c1. The van der Waals surface area contributed by atoms with Crippen LogP contribution < -0.4 is 5.32 Å². The van der Waals surface area contributed by atoms with Crippen molar-refractivity contribution in [2.45, 2.75) is 45.2 Å². The number of carbonyl (C=O) groups excluding carboxylic acids is 3. The molecule has 1 heterocycles. The maximum atomic E-state index is 12.6. The number of methoxy groups -OCH3 is 2. The molecule has 142 valence electrons. The van der Waals surface area contributed by atoms with Gasteiger partial charge < -0.3 is 14.8 Å². The largest absolute Gasteiger partial charge is 0.465 e. The second-order valence-corrected chi connectivity index (χ2v) is 6.59. The summed E-state index contributed by atoms with van der Waals surface area (Å²) in [5.74, 6) is -1.37. The van der Waals surface area contributed by atoms with Gasteiger partial charge >= 0.3 is 11.9 Å². The molecular weight excluding hydrogens is 336 g/mol. The van der Waals surface area contributed by atoms with Crippen LogP contribution in [0.4, 0.5) is 5.69 Å². The minimum Gasteiger partial charge on any atom is -0.465 e. The molecule has 0 saturated carbocycles. The van der Waals surface area contributed by atoms with Crippen molar-refractivity contribution in [3.05, 3.63) is 29.3 Å². The summed E-state index contributed by atoms with van der Waals surface area (Å²) in [5.41, 5.74) is 0.672. The van der Waals surface area contributed by atoms with Crippen LogP contribution in [-0.4, -0.2) is 55.6 Å². The minimum absolute atomic E-state index is 0.188. The molecule has 26 heavy (non-hydrogen) atoms. The number of nitrogens with zero attached hydrogens (tertiary/aromatic N) is 1. The highest BCUT2D eigenvalue weighted by molar-refractivity contribution is 6.03. The van der Waals surface area contributed by atoms with Gasteiger partial charge in [-0.1, -0.05) is 6.42 Å². The molecule has 1 N–H and O–H groups in total.